The van der Waals surface area contributed by atoms with Crippen molar-refractivity contribution in [2.45, 2.75) is 51.5 Å². The lowest BCUT2D eigenvalue weighted by Crippen LogP contribution is -2.34. The summed E-state index contributed by atoms with van der Waals surface area (Å²) in [7, 11) is 0. The average Bonchev–Trinajstić information content (AvgIpc) is 2.95. The van der Waals surface area contributed by atoms with Crippen molar-refractivity contribution in [3.8, 4) is 0 Å². The van der Waals surface area contributed by atoms with Crippen molar-refractivity contribution in [1.29, 1.82) is 0 Å². The molecule has 1 fully saturated rings. The minimum atomic E-state index is -0.769. The zero-order chi connectivity index (χ0) is 14.9. The normalized spacial score (nSPS) is 22.8. The van der Waals surface area contributed by atoms with Gasteiger partial charge >= 0.3 is 5.97 Å². The largest absolute Gasteiger partial charge is 0.481 e. The number of rotatable bonds is 3. The van der Waals surface area contributed by atoms with Gasteiger partial charge in [-0.25, -0.2) is 4.98 Å². The molecule has 20 heavy (non-hydrogen) atoms. The highest BCUT2D eigenvalue weighted by molar-refractivity contribution is 7.11. The van der Waals surface area contributed by atoms with Crippen LogP contribution in [-0.2, 0) is 10.2 Å². The Hall–Kier alpha value is -1.43. The Bertz CT molecular complexity index is 519. The SMILES string of the molecule is CC(C)(C)c1ncsc1C(=O)NC1CCC(C(=O)O)C1. The maximum atomic E-state index is 12.3. The zero-order valence-electron chi connectivity index (χ0n) is 12.0. The molecule has 2 N–H and O–H groups in total. The molecule has 0 radical (unpaired) electrons. The van der Waals surface area contributed by atoms with Gasteiger partial charge in [-0.1, -0.05) is 20.8 Å². The lowest BCUT2D eigenvalue weighted by atomic mass is 9.91. The summed E-state index contributed by atoms with van der Waals surface area (Å²) in [6.07, 6.45) is 1.88. The van der Waals surface area contributed by atoms with E-state index in [0.29, 0.717) is 17.7 Å². The molecule has 5 nitrogen and oxygen atoms in total. The molecule has 1 amide bonds. The lowest BCUT2D eigenvalue weighted by molar-refractivity contribution is -0.141. The number of hydrogen-bond donors (Lipinski definition) is 2. The van der Waals surface area contributed by atoms with Crippen molar-refractivity contribution >= 4 is 23.2 Å². The van der Waals surface area contributed by atoms with Gasteiger partial charge in [-0.2, -0.15) is 0 Å². The van der Waals surface area contributed by atoms with Gasteiger partial charge in [-0.05, 0) is 19.3 Å². The van der Waals surface area contributed by atoms with Gasteiger partial charge in [-0.15, -0.1) is 11.3 Å². The first-order chi connectivity index (χ1) is 9.29. The predicted octanol–water partition coefficient (Wildman–Crippen LogP) is 2.42. The first-order valence-electron chi connectivity index (χ1n) is 6.76. The van der Waals surface area contributed by atoms with Crippen LogP contribution in [0.25, 0.3) is 0 Å². The van der Waals surface area contributed by atoms with E-state index in [1.807, 2.05) is 20.8 Å². The van der Waals surface area contributed by atoms with Gasteiger partial charge in [0.25, 0.3) is 5.91 Å². The van der Waals surface area contributed by atoms with Crippen molar-refractivity contribution < 1.29 is 14.7 Å². The summed E-state index contributed by atoms with van der Waals surface area (Å²) < 4.78 is 0. The Labute approximate surface area is 122 Å². The highest BCUT2D eigenvalue weighted by atomic mass is 32.1. The molecule has 2 atom stereocenters. The molecule has 0 bridgehead atoms. The summed E-state index contributed by atoms with van der Waals surface area (Å²) in [5.41, 5.74) is 2.31. The van der Waals surface area contributed by atoms with Crippen molar-refractivity contribution in [2.75, 3.05) is 0 Å². The molecule has 1 aliphatic rings. The van der Waals surface area contributed by atoms with Crippen molar-refractivity contribution in [3.05, 3.63) is 16.1 Å². The molecule has 1 aromatic heterocycles. The second-order valence-corrected chi connectivity index (χ2v) is 7.15. The van der Waals surface area contributed by atoms with Gasteiger partial charge in [-0.3, -0.25) is 9.59 Å². The monoisotopic (exact) mass is 296 g/mol. The molecule has 1 heterocycles. The minimum Gasteiger partial charge on any atom is -0.481 e. The summed E-state index contributed by atoms with van der Waals surface area (Å²) in [5, 5.41) is 11.9. The van der Waals surface area contributed by atoms with E-state index in [4.69, 9.17) is 5.11 Å². The highest BCUT2D eigenvalue weighted by Gasteiger charge is 2.32. The van der Waals surface area contributed by atoms with Crippen LogP contribution in [0.1, 0.15) is 55.4 Å². The van der Waals surface area contributed by atoms with E-state index in [2.05, 4.69) is 10.3 Å². The fourth-order valence-electron chi connectivity index (χ4n) is 2.53. The Morgan fingerprint density at radius 1 is 1.40 bits per heavy atom. The Kier molecular flexibility index (Phi) is 4.13. The third kappa shape index (κ3) is 3.17. The molecule has 1 aromatic rings. The quantitative estimate of drug-likeness (QED) is 0.897. The summed E-state index contributed by atoms with van der Waals surface area (Å²) in [5.74, 6) is -1.23. The van der Waals surface area contributed by atoms with Crippen LogP contribution in [0.3, 0.4) is 0 Å². The van der Waals surface area contributed by atoms with E-state index >= 15 is 0 Å². The number of thiazole rings is 1. The average molecular weight is 296 g/mol. The van der Waals surface area contributed by atoms with Crippen LogP contribution in [0.15, 0.2) is 5.51 Å². The summed E-state index contributed by atoms with van der Waals surface area (Å²) >= 11 is 1.34. The zero-order valence-corrected chi connectivity index (χ0v) is 12.8. The Morgan fingerprint density at radius 2 is 2.10 bits per heavy atom. The molecule has 0 saturated heterocycles. The molecule has 6 heteroatoms. The van der Waals surface area contributed by atoms with Crippen LogP contribution in [0, 0.1) is 5.92 Å². The lowest BCUT2D eigenvalue weighted by Gasteiger charge is -2.18. The number of nitrogens with zero attached hydrogens (tertiary/aromatic N) is 1. The summed E-state index contributed by atoms with van der Waals surface area (Å²) in [4.78, 5) is 28.2. The standard InChI is InChI=1S/C14H20N2O3S/c1-14(2,3)11-10(20-7-15-11)12(17)16-9-5-4-8(6-9)13(18)19/h7-9H,4-6H2,1-3H3,(H,16,17)(H,18,19). The van der Waals surface area contributed by atoms with E-state index < -0.39 is 5.97 Å². The third-order valence-corrected chi connectivity index (χ3v) is 4.43. The number of aliphatic carboxylic acids is 1. The minimum absolute atomic E-state index is 0.0430. The van der Waals surface area contributed by atoms with Gasteiger partial charge in [0.2, 0.25) is 0 Å². The number of hydrogen-bond acceptors (Lipinski definition) is 4. The highest BCUT2D eigenvalue weighted by Crippen LogP contribution is 2.29. The number of carbonyl (C=O) groups is 2. The molecule has 2 unspecified atom stereocenters. The first kappa shape index (κ1) is 15.0. The predicted molar refractivity (Wildman–Crippen MR) is 77.0 cm³/mol. The van der Waals surface area contributed by atoms with E-state index in [1.165, 1.54) is 11.3 Å². The molecule has 1 saturated carbocycles. The van der Waals surface area contributed by atoms with E-state index in [-0.39, 0.29) is 23.3 Å². The fourth-order valence-corrected chi connectivity index (χ4v) is 3.43. The molecule has 0 aliphatic heterocycles. The number of aromatic nitrogens is 1. The second kappa shape index (κ2) is 5.52. The van der Waals surface area contributed by atoms with E-state index in [9.17, 15) is 9.59 Å². The Morgan fingerprint density at radius 3 is 2.65 bits per heavy atom. The second-order valence-electron chi connectivity index (χ2n) is 6.30. The maximum absolute atomic E-state index is 12.3. The topological polar surface area (TPSA) is 79.3 Å². The molecular weight excluding hydrogens is 276 g/mol. The molecule has 110 valence electrons. The van der Waals surface area contributed by atoms with Crippen LogP contribution in [-0.4, -0.2) is 28.0 Å². The van der Waals surface area contributed by atoms with Gasteiger partial charge in [0.15, 0.2) is 0 Å². The summed E-state index contributed by atoms with van der Waals surface area (Å²) in [6, 6.07) is -0.0430. The molecular formula is C14H20N2O3S. The van der Waals surface area contributed by atoms with E-state index in [1.54, 1.807) is 5.51 Å². The smallest absolute Gasteiger partial charge is 0.306 e. The van der Waals surface area contributed by atoms with Gasteiger partial charge in [0, 0.05) is 11.5 Å². The third-order valence-electron chi connectivity index (χ3n) is 3.60. The van der Waals surface area contributed by atoms with Crippen LogP contribution >= 0.6 is 11.3 Å². The number of amides is 1. The molecule has 1 aliphatic carbocycles. The Balaban J connectivity index is 2.03. The molecule has 0 spiro atoms. The van der Waals surface area contributed by atoms with Crippen LogP contribution in [0.2, 0.25) is 0 Å². The molecule has 2 rings (SSSR count). The number of carboxylic acids is 1. The van der Waals surface area contributed by atoms with Crippen molar-refractivity contribution in [1.82, 2.24) is 10.3 Å². The first-order valence-corrected chi connectivity index (χ1v) is 7.64. The van der Waals surface area contributed by atoms with Gasteiger partial charge in [0.05, 0.1) is 17.1 Å². The number of nitrogens with one attached hydrogen (secondary N) is 1. The van der Waals surface area contributed by atoms with E-state index in [0.717, 1.165) is 12.1 Å². The number of carbonyl (C=O) groups excluding carboxylic acids is 1. The van der Waals surface area contributed by atoms with Gasteiger partial charge < -0.3 is 10.4 Å². The fraction of sp³-hybridized carbons (Fsp3) is 0.643. The number of carboxylic acid groups (broad SMARTS) is 1. The van der Waals surface area contributed by atoms with Gasteiger partial charge in [0.1, 0.15) is 4.88 Å². The van der Waals surface area contributed by atoms with Crippen molar-refractivity contribution in [3.63, 3.8) is 0 Å². The van der Waals surface area contributed by atoms with Crippen LogP contribution in [0.5, 0.6) is 0 Å². The van der Waals surface area contributed by atoms with Crippen molar-refractivity contribution in [2.24, 2.45) is 5.92 Å². The van der Waals surface area contributed by atoms with Crippen LogP contribution < -0.4 is 5.32 Å². The maximum Gasteiger partial charge on any atom is 0.306 e. The summed E-state index contributed by atoms with van der Waals surface area (Å²) in [6.45, 7) is 6.07. The molecule has 0 aromatic carbocycles. The van der Waals surface area contributed by atoms with Crippen LogP contribution in [0.4, 0.5) is 0 Å².